The van der Waals surface area contributed by atoms with Gasteiger partial charge in [-0.2, -0.15) is 0 Å². The van der Waals surface area contributed by atoms with Crippen molar-refractivity contribution < 1.29 is 58.6 Å². The van der Waals surface area contributed by atoms with Crippen molar-refractivity contribution in [1.82, 2.24) is 15.1 Å². The molecule has 0 aromatic rings. The number of alkyl carbamates (subject to hydrolysis) is 1. The monoisotopic (exact) mass is 371 g/mol. The summed E-state index contributed by atoms with van der Waals surface area (Å²) in [7, 11) is 0. The van der Waals surface area contributed by atoms with Crippen molar-refractivity contribution in [2.24, 2.45) is 5.92 Å². The minimum Gasteiger partial charge on any atom is -0.543 e. The Balaban J connectivity index is 0.00000196. The first kappa shape index (κ1) is 19.2. The Labute approximate surface area is 172 Å². The average Bonchev–Trinajstić information content (AvgIpc) is 3.30. The number of β-lactam (4-membered cyclic amide) rings is 1. The molecular formula is C16H18N3NaO6. The van der Waals surface area contributed by atoms with Crippen LogP contribution in [0.25, 0.3) is 0 Å². The number of carboxylic acids is 1. The summed E-state index contributed by atoms with van der Waals surface area (Å²) < 4.78 is 5.17. The molecule has 3 aliphatic heterocycles. The van der Waals surface area contributed by atoms with E-state index in [0.717, 1.165) is 12.8 Å². The smallest absolute Gasteiger partial charge is 0.543 e. The molecule has 26 heavy (non-hydrogen) atoms. The van der Waals surface area contributed by atoms with E-state index in [-0.39, 0.29) is 59.7 Å². The number of carbonyl (C=O) groups is 4. The molecule has 1 saturated carbocycles. The molecule has 3 amide bonds. The SMILES string of the molecule is CC(=O)N1CCC2C(COC(=O)NC3CC3)=C(C(=O)[O-])N3C(=O)[C@@H]1[C@@H]23.[Na+]. The van der Waals surface area contributed by atoms with Crippen LogP contribution in [0.4, 0.5) is 4.79 Å². The molecule has 0 spiro atoms. The van der Waals surface area contributed by atoms with Crippen LogP contribution < -0.4 is 40.0 Å². The van der Waals surface area contributed by atoms with Gasteiger partial charge in [-0.1, -0.05) is 0 Å². The fourth-order valence-electron chi connectivity index (χ4n) is 4.11. The van der Waals surface area contributed by atoms with Gasteiger partial charge in [-0.25, -0.2) is 4.79 Å². The van der Waals surface area contributed by atoms with Crippen molar-refractivity contribution in [2.45, 2.75) is 44.3 Å². The van der Waals surface area contributed by atoms with Crippen LogP contribution in [0.2, 0.25) is 0 Å². The summed E-state index contributed by atoms with van der Waals surface area (Å²) in [5, 5.41) is 14.3. The third-order valence-corrected chi connectivity index (χ3v) is 5.39. The topological polar surface area (TPSA) is 119 Å². The minimum atomic E-state index is -1.46. The second kappa shape index (κ2) is 6.86. The Morgan fingerprint density at radius 2 is 1.96 bits per heavy atom. The first-order valence-electron chi connectivity index (χ1n) is 8.38. The number of hydrogen-bond donors (Lipinski definition) is 1. The normalized spacial score (nSPS) is 28.8. The number of aliphatic carboxylic acids is 1. The van der Waals surface area contributed by atoms with E-state index in [4.69, 9.17) is 4.74 Å². The van der Waals surface area contributed by atoms with Gasteiger partial charge >= 0.3 is 35.7 Å². The summed E-state index contributed by atoms with van der Waals surface area (Å²) in [6.07, 6.45) is 1.76. The molecule has 3 heterocycles. The van der Waals surface area contributed by atoms with Crippen molar-refractivity contribution in [3.8, 4) is 0 Å². The van der Waals surface area contributed by atoms with Gasteiger partial charge in [0.25, 0.3) is 5.91 Å². The fourth-order valence-corrected chi connectivity index (χ4v) is 4.11. The Hall–Kier alpha value is -1.58. The van der Waals surface area contributed by atoms with E-state index in [1.807, 2.05) is 0 Å². The number of likely N-dealkylation sites (tertiary alicyclic amines) is 1. The van der Waals surface area contributed by atoms with Crippen molar-refractivity contribution in [1.29, 1.82) is 0 Å². The van der Waals surface area contributed by atoms with Gasteiger partial charge in [-0.05, 0) is 24.8 Å². The number of hydrogen-bond acceptors (Lipinski definition) is 6. The molecule has 0 aromatic carbocycles. The molecule has 1 unspecified atom stereocenters. The van der Waals surface area contributed by atoms with E-state index in [1.54, 1.807) is 0 Å². The van der Waals surface area contributed by atoms with Crippen molar-refractivity contribution in [2.75, 3.05) is 13.2 Å². The Kier molecular flexibility index (Phi) is 5.06. The maximum atomic E-state index is 12.4. The largest absolute Gasteiger partial charge is 1.00 e. The third kappa shape index (κ3) is 2.91. The molecule has 10 heteroatoms. The van der Waals surface area contributed by atoms with Crippen molar-refractivity contribution >= 4 is 23.9 Å². The third-order valence-electron chi connectivity index (χ3n) is 5.39. The van der Waals surface area contributed by atoms with Crippen molar-refractivity contribution in [3.63, 3.8) is 0 Å². The first-order valence-corrected chi connectivity index (χ1v) is 8.38. The standard InChI is InChI=1S/C16H19N3O6.Na/c1-7(20)18-5-4-9-10(6-25-16(24)17-8-2-3-8)12(15(22)23)19-11(9)13(18)14(19)21;/h8-9,11,13H,2-6H2,1H3,(H,17,24)(H,22,23);/q;+1/p-1/t9?,11-,13+;/m1./s1. The maximum absolute atomic E-state index is 12.4. The Bertz CT molecular complexity index is 719. The van der Waals surface area contributed by atoms with Crippen LogP contribution >= 0.6 is 0 Å². The van der Waals surface area contributed by atoms with Crippen LogP contribution in [-0.4, -0.2) is 65.0 Å². The number of ether oxygens (including phenoxy) is 1. The number of rotatable bonds is 4. The number of nitrogens with zero attached hydrogens (tertiary/aromatic N) is 2. The van der Waals surface area contributed by atoms with Gasteiger partial charge in [0.1, 0.15) is 12.6 Å². The van der Waals surface area contributed by atoms with Crippen molar-refractivity contribution in [3.05, 3.63) is 11.3 Å². The molecule has 134 valence electrons. The number of piperidine rings is 1. The van der Waals surface area contributed by atoms with E-state index < -0.39 is 30.1 Å². The number of carboxylic acid groups (broad SMARTS) is 1. The van der Waals surface area contributed by atoms with Crippen LogP contribution in [0, 0.1) is 5.92 Å². The Morgan fingerprint density at radius 1 is 1.27 bits per heavy atom. The van der Waals surface area contributed by atoms with Gasteiger partial charge in [0.05, 0.1) is 17.7 Å². The average molecular weight is 371 g/mol. The summed E-state index contributed by atoms with van der Waals surface area (Å²) in [5.41, 5.74) is 0.191. The molecule has 3 fully saturated rings. The van der Waals surface area contributed by atoms with Crippen LogP contribution in [0.5, 0.6) is 0 Å². The van der Waals surface area contributed by atoms with Gasteiger partial charge in [0.15, 0.2) is 0 Å². The Morgan fingerprint density at radius 3 is 2.54 bits per heavy atom. The zero-order valence-electron chi connectivity index (χ0n) is 14.7. The van der Waals surface area contributed by atoms with E-state index in [2.05, 4.69) is 5.32 Å². The molecule has 2 saturated heterocycles. The van der Waals surface area contributed by atoms with Crippen LogP contribution in [-0.2, 0) is 19.1 Å². The number of nitrogens with one attached hydrogen (secondary N) is 1. The van der Waals surface area contributed by atoms with E-state index in [0.29, 0.717) is 18.5 Å². The molecule has 4 rings (SSSR count). The second-order valence-corrected chi connectivity index (χ2v) is 6.91. The molecule has 0 radical (unpaired) electrons. The number of amides is 3. The number of carbonyl (C=O) groups excluding carboxylic acids is 4. The van der Waals surface area contributed by atoms with Crippen LogP contribution in [0.15, 0.2) is 11.3 Å². The quantitative estimate of drug-likeness (QED) is 0.392. The molecule has 0 bridgehead atoms. The molecule has 3 atom stereocenters. The van der Waals surface area contributed by atoms with Gasteiger partial charge in [0, 0.05) is 25.4 Å². The molecule has 4 aliphatic rings. The van der Waals surface area contributed by atoms with Gasteiger partial charge in [-0.3, -0.25) is 9.59 Å². The predicted octanol–water partition coefficient (Wildman–Crippen LogP) is -4.66. The summed E-state index contributed by atoms with van der Waals surface area (Å²) in [4.78, 5) is 50.1. The van der Waals surface area contributed by atoms with E-state index >= 15 is 0 Å². The second-order valence-electron chi connectivity index (χ2n) is 6.91. The molecule has 9 nitrogen and oxygen atoms in total. The summed E-state index contributed by atoms with van der Waals surface area (Å²) in [6, 6.07) is -0.901. The summed E-state index contributed by atoms with van der Waals surface area (Å²) >= 11 is 0. The zero-order valence-corrected chi connectivity index (χ0v) is 16.7. The maximum Gasteiger partial charge on any atom is 1.00 e. The summed E-state index contributed by atoms with van der Waals surface area (Å²) in [6.45, 7) is 1.57. The predicted molar refractivity (Wildman–Crippen MR) is 79.5 cm³/mol. The summed E-state index contributed by atoms with van der Waals surface area (Å²) in [5.74, 6) is -2.32. The van der Waals surface area contributed by atoms with Crippen LogP contribution in [0.3, 0.4) is 0 Å². The van der Waals surface area contributed by atoms with Gasteiger partial charge < -0.3 is 29.8 Å². The molecule has 1 N–H and O–H groups in total. The minimum absolute atomic E-state index is 0. The van der Waals surface area contributed by atoms with E-state index in [1.165, 1.54) is 16.7 Å². The molecule has 0 aromatic heterocycles. The molecular weight excluding hydrogens is 353 g/mol. The van der Waals surface area contributed by atoms with Crippen LogP contribution in [0.1, 0.15) is 26.2 Å². The van der Waals surface area contributed by atoms with Gasteiger partial charge in [0.2, 0.25) is 5.91 Å². The zero-order chi connectivity index (χ0) is 17.9. The molecule has 1 aliphatic carbocycles. The van der Waals surface area contributed by atoms with Gasteiger partial charge in [-0.15, -0.1) is 0 Å². The van der Waals surface area contributed by atoms with E-state index in [9.17, 15) is 24.3 Å². The first-order chi connectivity index (χ1) is 11.9. The fraction of sp³-hybridized carbons (Fsp3) is 0.625.